The minimum atomic E-state index is -0.412. The molecule has 0 spiro atoms. The first kappa shape index (κ1) is 21.0. The molecule has 2 aromatic carbocycles. The van der Waals surface area contributed by atoms with E-state index in [1.807, 2.05) is 30.3 Å². The summed E-state index contributed by atoms with van der Waals surface area (Å²) in [5, 5.41) is 12.5. The average Bonchev–Trinajstić information content (AvgIpc) is 3.36. The topological polar surface area (TPSA) is 85.7 Å². The summed E-state index contributed by atoms with van der Waals surface area (Å²) in [6.45, 7) is 2.98. The normalized spacial score (nSPS) is 20.1. The van der Waals surface area contributed by atoms with E-state index in [0.29, 0.717) is 44.0 Å². The van der Waals surface area contributed by atoms with Crippen LogP contribution in [0.25, 0.3) is 0 Å². The molecule has 0 aromatic heterocycles. The molecule has 4 rings (SSSR count). The van der Waals surface area contributed by atoms with Crippen molar-refractivity contribution < 1.29 is 14.3 Å². The van der Waals surface area contributed by atoms with Crippen molar-refractivity contribution in [2.75, 3.05) is 38.1 Å². The number of ether oxygens (including phenoxy) is 1. The number of rotatable bonds is 5. The summed E-state index contributed by atoms with van der Waals surface area (Å²) in [6.07, 6.45) is 1.20. The molecule has 7 heteroatoms. The van der Waals surface area contributed by atoms with E-state index in [1.165, 1.54) is 0 Å². The lowest BCUT2D eigenvalue weighted by atomic mass is 10.1. The first-order valence-corrected chi connectivity index (χ1v) is 10.7. The van der Waals surface area contributed by atoms with Gasteiger partial charge >= 0.3 is 0 Å². The van der Waals surface area contributed by atoms with Crippen LogP contribution in [-0.2, 0) is 9.53 Å². The monoisotopic (exact) mass is 418 g/mol. The molecule has 7 nitrogen and oxygen atoms in total. The predicted octanol–water partition coefficient (Wildman–Crippen LogP) is 2.83. The zero-order valence-electron chi connectivity index (χ0n) is 17.4. The van der Waals surface area contributed by atoms with Gasteiger partial charge in [-0.3, -0.25) is 14.5 Å². The number of anilines is 1. The molecule has 2 atom stereocenters. The first-order chi connectivity index (χ1) is 15.2. The Bertz CT molecular complexity index is 958. The highest BCUT2D eigenvalue weighted by Crippen LogP contribution is 2.22. The van der Waals surface area contributed by atoms with Gasteiger partial charge in [-0.05, 0) is 36.6 Å². The molecule has 2 amide bonds. The van der Waals surface area contributed by atoms with Crippen LogP contribution in [0, 0.1) is 11.3 Å². The molecule has 2 aromatic rings. The van der Waals surface area contributed by atoms with E-state index in [0.717, 1.165) is 18.4 Å². The van der Waals surface area contributed by atoms with Crippen molar-refractivity contribution in [3.63, 3.8) is 0 Å². The van der Waals surface area contributed by atoms with Crippen molar-refractivity contribution in [3.05, 3.63) is 65.7 Å². The largest absolute Gasteiger partial charge is 0.368 e. The number of nitrogens with zero attached hydrogens (tertiary/aromatic N) is 3. The van der Waals surface area contributed by atoms with Crippen molar-refractivity contribution >= 4 is 17.5 Å². The fraction of sp³-hybridized carbons (Fsp3) is 0.375. The Balaban J connectivity index is 1.36. The van der Waals surface area contributed by atoms with Gasteiger partial charge in [0.15, 0.2) is 0 Å². The van der Waals surface area contributed by atoms with E-state index < -0.39 is 6.10 Å². The van der Waals surface area contributed by atoms with Crippen molar-refractivity contribution in [1.82, 2.24) is 9.80 Å². The molecular weight excluding hydrogens is 392 g/mol. The minimum Gasteiger partial charge on any atom is -0.368 e. The number of nitrogens with one attached hydrogen (secondary N) is 1. The molecule has 160 valence electrons. The number of nitriles is 1. The number of hydrogen-bond acceptors (Lipinski definition) is 5. The van der Waals surface area contributed by atoms with E-state index >= 15 is 0 Å². The molecule has 1 N–H and O–H groups in total. The second-order valence-corrected chi connectivity index (χ2v) is 7.84. The average molecular weight is 418 g/mol. The summed E-state index contributed by atoms with van der Waals surface area (Å²) < 4.78 is 5.42. The highest BCUT2D eigenvalue weighted by Gasteiger charge is 2.28. The van der Waals surface area contributed by atoms with Crippen LogP contribution >= 0.6 is 0 Å². The van der Waals surface area contributed by atoms with Gasteiger partial charge in [-0.2, -0.15) is 5.26 Å². The van der Waals surface area contributed by atoms with Crippen LogP contribution in [0.1, 0.15) is 34.8 Å². The van der Waals surface area contributed by atoms with Crippen molar-refractivity contribution in [3.8, 4) is 6.07 Å². The van der Waals surface area contributed by atoms with Crippen LogP contribution in [0.5, 0.6) is 0 Å². The number of carbonyl (C=O) groups is 2. The van der Waals surface area contributed by atoms with Gasteiger partial charge in [-0.15, -0.1) is 0 Å². The second kappa shape index (κ2) is 9.73. The third-order valence-electron chi connectivity index (χ3n) is 5.80. The van der Waals surface area contributed by atoms with E-state index in [2.05, 4.69) is 16.3 Å². The summed E-state index contributed by atoms with van der Waals surface area (Å²) in [5.74, 6) is -0.236. The third kappa shape index (κ3) is 4.93. The molecule has 0 saturated carbocycles. The van der Waals surface area contributed by atoms with Crippen LogP contribution < -0.4 is 5.32 Å². The maximum absolute atomic E-state index is 13.0. The molecule has 0 radical (unpaired) electrons. The molecule has 2 fully saturated rings. The molecule has 2 aliphatic heterocycles. The summed E-state index contributed by atoms with van der Waals surface area (Å²) in [7, 11) is 0. The molecule has 31 heavy (non-hydrogen) atoms. The second-order valence-electron chi connectivity index (χ2n) is 7.84. The molecule has 2 heterocycles. The Morgan fingerprint density at radius 2 is 1.84 bits per heavy atom. The van der Waals surface area contributed by atoms with Crippen LogP contribution in [0.2, 0.25) is 0 Å². The molecule has 2 saturated heterocycles. The Morgan fingerprint density at radius 3 is 2.52 bits per heavy atom. The maximum atomic E-state index is 13.0. The van der Waals surface area contributed by atoms with Crippen LogP contribution in [0.4, 0.5) is 5.69 Å². The van der Waals surface area contributed by atoms with Crippen molar-refractivity contribution in [1.29, 1.82) is 5.26 Å². The molecule has 0 aliphatic carbocycles. The van der Waals surface area contributed by atoms with Crippen LogP contribution in [0.3, 0.4) is 0 Å². The zero-order valence-corrected chi connectivity index (χ0v) is 17.4. The van der Waals surface area contributed by atoms with E-state index in [1.54, 1.807) is 29.2 Å². The van der Waals surface area contributed by atoms with Crippen molar-refractivity contribution in [2.24, 2.45) is 0 Å². The van der Waals surface area contributed by atoms with Gasteiger partial charge in [0.1, 0.15) is 12.1 Å². The highest BCUT2D eigenvalue weighted by atomic mass is 16.5. The van der Waals surface area contributed by atoms with Gasteiger partial charge in [-0.1, -0.05) is 36.4 Å². The fourth-order valence-corrected chi connectivity index (χ4v) is 4.11. The number of amides is 2. The predicted molar refractivity (Wildman–Crippen MR) is 116 cm³/mol. The molecular formula is C24H26N4O3. The van der Waals surface area contributed by atoms with E-state index in [9.17, 15) is 14.9 Å². The van der Waals surface area contributed by atoms with Gasteiger partial charge in [0.2, 0.25) is 0 Å². The highest BCUT2D eigenvalue weighted by molar-refractivity contribution is 5.98. The summed E-state index contributed by atoms with van der Waals surface area (Å²) >= 11 is 0. The number of piperazine rings is 1. The maximum Gasteiger partial charge on any atom is 0.254 e. The SMILES string of the molecule is N#CC(c1ccccc1)N1CCN(C(=O)c2cccc(NC(=O)C3CCCO3)c2)CC1. The lowest BCUT2D eigenvalue weighted by Crippen LogP contribution is -2.49. The smallest absolute Gasteiger partial charge is 0.254 e. The summed E-state index contributed by atoms with van der Waals surface area (Å²) in [6, 6.07) is 18.8. The van der Waals surface area contributed by atoms with Crippen LogP contribution in [0.15, 0.2) is 54.6 Å². The van der Waals surface area contributed by atoms with Gasteiger partial charge in [0.05, 0.1) is 6.07 Å². The lowest BCUT2D eigenvalue weighted by Gasteiger charge is -2.37. The minimum absolute atomic E-state index is 0.0684. The Kier molecular flexibility index (Phi) is 6.60. The van der Waals surface area contributed by atoms with Crippen molar-refractivity contribution in [2.45, 2.75) is 25.0 Å². The van der Waals surface area contributed by atoms with E-state index in [4.69, 9.17) is 4.74 Å². The summed E-state index contributed by atoms with van der Waals surface area (Å²) in [4.78, 5) is 29.2. The Labute approximate surface area is 182 Å². The third-order valence-corrected chi connectivity index (χ3v) is 5.80. The van der Waals surface area contributed by atoms with Gasteiger partial charge in [-0.25, -0.2) is 0 Å². The molecule has 0 bridgehead atoms. The zero-order chi connectivity index (χ0) is 21.6. The van der Waals surface area contributed by atoms with Gasteiger partial charge in [0, 0.05) is 44.0 Å². The van der Waals surface area contributed by atoms with E-state index in [-0.39, 0.29) is 17.9 Å². The molecule has 2 aliphatic rings. The Hall–Kier alpha value is -3.21. The van der Waals surface area contributed by atoms with Crippen LogP contribution in [-0.4, -0.2) is 60.5 Å². The number of carbonyl (C=O) groups excluding carboxylic acids is 2. The van der Waals surface area contributed by atoms with Gasteiger partial charge < -0.3 is 15.0 Å². The Morgan fingerprint density at radius 1 is 1.06 bits per heavy atom. The lowest BCUT2D eigenvalue weighted by molar-refractivity contribution is -0.124. The number of benzene rings is 2. The van der Waals surface area contributed by atoms with Gasteiger partial charge in [0.25, 0.3) is 11.8 Å². The number of hydrogen-bond donors (Lipinski definition) is 1. The quantitative estimate of drug-likeness (QED) is 0.807. The first-order valence-electron chi connectivity index (χ1n) is 10.7. The summed E-state index contributed by atoms with van der Waals surface area (Å²) in [5.41, 5.74) is 2.11. The standard InChI is InChI=1S/C24H26N4O3/c25-17-21(18-6-2-1-3-7-18)27-11-13-28(14-12-27)24(30)19-8-4-9-20(16-19)26-23(29)22-10-5-15-31-22/h1-4,6-9,16,21-22H,5,10-15H2,(H,26,29). The molecule has 2 unspecified atom stereocenters. The fourth-order valence-electron chi connectivity index (χ4n) is 4.11.